The number of hydrogen-bond acceptors (Lipinski definition) is 2. The van der Waals surface area contributed by atoms with E-state index in [1.165, 1.54) is 43.2 Å². The van der Waals surface area contributed by atoms with Gasteiger partial charge in [0.1, 0.15) is 0 Å². The number of benzene rings is 1. The standard InChI is InChI=1S/C20H28N2O/c23-20-18(12-16-3-1-2-4-19(16)22-20)11-14-5-7-15(8-6-14)17-9-10-21-13-17/h5-8,16-19,21H,1-4,9-13H2,(H,22,23)/t16?,17-,18?,19?/m1/s1. The molecule has 1 aliphatic carbocycles. The molecule has 23 heavy (non-hydrogen) atoms. The lowest BCUT2D eigenvalue weighted by atomic mass is 9.74. The molecule has 124 valence electrons. The number of fused-ring (bicyclic) bond motifs is 1. The Morgan fingerprint density at radius 3 is 2.65 bits per heavy atom. The highest BCUT2D eigenvalue weighted by Gasteiger charge is 2.36. The van der Waals surface area contributed by atoms with Crippen molar-refractivity contribution in [1.82, 2.24) is 10.6 Å². The zero-order chi connectivity index (χ0) is 15.6. The lowest BCUT2D eigenvalue weighted by Crippen LogP contribution is -2.51. The smallest absolute Gasteiger partial charge is 0.223 e. The minimum absolute atomic E-state index is 0.174. The Hall–Kier alpha value is -1.35. The van der Waals surface area contributed by atoms with Gasteiger partial charge in [0.05, 0.1) is 0 Å². The maximum absolute atomic E-state index is 12.4. The van der Waals surface area contributed by atoms with E-state index >= 15 is 0 Å². The Morgan fingerprint density at radius 2 is 1.87 bits per heavy atom. The van der Waals surface area contributed by atoms with Crippen LogP contribution in [0.1, 0.15) is 55.6 Å². The number of carbonyl (C=O) groups is 1. The third-order valence-corrected chi connectivity index (χ3v) is 6.19. The molecule has 1 saturated carbocycles. The predicted octanol–water partition coefficient (Wildman–Crippen LogP) is 3.00. The molecule has 2 aliphatic heterocycles. The lowest BCUT2D eigenvalue weighted by Gasteiger charge is -2.39. The molecule has 3 nitrogen and oxygen atoms in total. The third-order valence-electron chi connectivity index (χ3n) is 6.19. The number of carbonyl (C=O) groups excluding carboxylic acids is 1. The summed E-state index contributed by atoms with van der Waals surface area (Å²) in [5.41, 5.74) is 2.76. The number of amides is 1. The van der Waals surface area contributed by atoms with Gasteiger partial charge < -0.3 is 10.6 Å². The summed E-state index contributed by atoms with van der Waals surface area (Å²) < 4.78 is 0. The number of hydrogen-bond donors (Lipinski definition) is 2. The first-order chi connectivity index (χ1) is 11.3. The summed E-state index contributed by atoms with van der Waals surface area (Å²) in [5.74, 6) is 1.85. The Balaban J connectivity index is 1.40. The van der Waals surface area contributed by atoms with Crippen molar-refractivity contribution in [3.05, 3.63) is 35.4 Å². The summed E-state index contributed by atoms with van der Waals surface area (Å²) in [6, 6.07) is 9.50. The van der Waals surface area contributed by atoms with Gasteiger partial charge in [0.2, 0.25) is 5.91 Å². The molecule has 0 spiro atoms. The van der Waals surface area contributed by atoms with Crippen molar-refractivity contribution in [2.24, 2.45) is 11.8 Å². The van der Waals surface area contributed by atoms with Crippen LogP contribution >= 0.6 is 0 Å². The summed E-state index contributed by atoms with van der Waals surface area (Å²) in [7, 11) is 0. The maximum atomic E-state index is 12.4. The average molecular weight is 312 g/mol. The van der Waals surface area contributed by atoms with Gasteiger partial charge in [-0.15, -0.1) is 0 Å². The van der Waals surface area contributed by atoms with Crippen LogP contribution in [0.15, 0.2) is 24.3 Å². The van der Waals surface area contributed by atoms with Crippen LogP contribution in [0.25, 0.3) is 0 Å². The monoisotopic (exact) mass is 312 g/mol. The van der Waals surface area contributed by atoms with E-state index in [4.69, 9.17) is 0 Å². The fourth-order valence-corrected chi connectivity index (χ4v) is 4.78. The molecule has 3 heteroatoms. The van der Waals surface area contributed by atoms with Crippen LogP contribution in [-0.4, -0.2) is 25.0 Å². The molecule has 1 aromatic carbocycles. The zero-order valence-corrected chi connectivity index (χ0v) is 13.9. The van der Waals surface area contributed by atoms with Gasteiger partial charge in [-0.2, -0.15) is 0 Å². The minimum atomic E-state index is 0.174. The Labute approximate surface area is 139 Å². The van der Waals surface area contributed by atoms with Crippen LogP contribution in [0.4, 0.5) is 0 Å². The maximum Gasteiger partial charge on any atom is 0.223 e. The third kappa shape index (κ3) is 3.30. The first-order valence-corrected chi connectivity index (χ1v) is 9.39. The summed E-state index contributed by atoms with van der Waals surface area (Å²) in [6.07, 6.45) is 8.34. The van der Waals surface area contributed by atoms with E-state index in [1.54, 1.807) is 0 Å². The quantitative estimate of drug-likeness (QED) is 0.901. The van der Waals surface area contributed by atoms with E-state index in [2.05, 4.69) is 34.9 Å². The second-order valence-corrected chi connectivity index (χ2v) is 7.73. The van der Waals surface area contributed by atoms with E-state index in [-0.39, 0.29) is 11.8 Å². The molecule has 0 aromatic heterocycles. The lowest BCUT2D eigenvalue weighted by molar-refractivity contribution is -0.129. The molecule has 2 saturated heterocycles. The Kier molecular flexibility index (Phi) is 4.39. The largest absolute Gasteiger partial charge is 0.353 e. The van der Waals surface area contributed by atoms with Crippen LogP contribution in [-0.2, 0) is 11.2 Å². The Morgan fingerprint density at radius 1 is 1.04 bits per heavy atom. The highest BCUT2D eigenvalue weighted by atomic mass is 16.2. The minimum Gasteiger partial charge on any atom is -0.353 e. The molecule has 3 aliphatic rings. The van der Waals surface area contributed by atoms with Crippen LogP contribution in [0.5, 0.6) is 0 Å². The van der Waals surface area contributed by atoms with Gasteiger partial charge in [0, 0.05) is 18.5 Å². The first-order valence-electron chi connectivity index (χ1n) is 9.39. The predicted molar refractivity (Wildman–Crippen MR) is 92.4 cm³/mol. The van der Waals surface area contributed by atoms with Gasteiger partial charge in [0.15, 0.2) is 0 Å². The number of piperidine rings is 1. The average Bonchev–Trinajstić information content (AvgIpc) is 3.11. The molecule has 2 heterocycles. The van der Waals surface area contributed by atoms with Crippen molar-refractivity contribution < 1.29 is 4.79 Å². The van der Waals surface area contributed by atoms with Gasteiger partial charge in [-0.25, -0.2) is 0 Å². The van der Waals surface area contributed by atoms with Crippen molar-refractivity contribution in [3.8, 4) is 0 Å². The van der Waals surface area contributed by atoms with Crippen LogP contribution in [0.3, 0.4) is 0 Å². The molecule has 0 bridgehead atoms. The van der Waals surface area contributed by atoms with E-state index in [1.807, 2.05) is 0 Å². The van der Waals surface area contributed by atoms with E-state index in [9.17, 15) is 4.79 Å². The molecule has 3 unspecified atom stereocenters. The van der Waals surface area contributed by atoms with Crippen LogP contribution in [0.2, 0.25) is 0 Å². The van der Waals surface area contributed by atoms with Gasteiger partial charge in [-0.3, -0.25) is 4.79 Å². The van der Waals surface area contributed by atoms with E-state index in [0.29, 0.717) is 12.0 Å². The highest BCUT2D eigenvalue weighted by molar-refractivity contribution is 5.80. The summed E-state index contributed by atoms with van der Waals surface area (Å²) in [5, 5.41) is 6.73. The van der Waals surface area contributed by atoms with Crippen LogP contribution < -0.4 is 10.6 Å². The highest BCUT2D eigenvalue weighted by Crippen LogP contribution is 2.34. The fraction of sp³-hybridized carbons (Fsp3) is 0.650. The molecular weight excluding hydrogens is 284 g/mol. The second-order valence-electron chi connectivity index (χ2n) is 7.73. The Bertz CT molecular complexity index is 547. The number of nitrogens with one attached hydrogen (secondary N) is 2. The number of rotatable bonds is 3. The van der Waals surface area contributed by atoms with E-state index in [0.717, 1.165) is 31.8 Å². The molecule has 4 atom stereocenters. The zero-order valence-electron chi connectivity index (χ0n) is 13.9. The normalized spacial score (nSPS) is 34.0. The van der Waals surface area contributed by atoms with Crippen molar-refractivity contribution in [2.75, 3.05) is 13.1 Å². The molecule has 3 fully saturated rings. The summed E-state index contributed by atoms with van der Waals surface area (Å²) in [4.78, 5) is 12.4. The summed E-state index contributed by atoms with van der Waals surface area (Å²) in [6.45, 7) is 2.24. The first kappa shape index (κ1) is 15.2. The molecule has 1 aromatic rings. The van der Waals surface area contributed by atoms with Crippen LogP contribution in [0, 0.1) is 11.8 Å². The molecule has 0 radical (unpaired) electrons. The SMILES string of the molecule is O=C1NC2CCCCC2CC1Cc1ccc([C@@H]2CCNC2)cc1. The van der Waals surface area contributed by atoms with Crippen molar-refractivity contribution in [3.63, 3.8) is 0 Å². The van der Waals surface area contributed by atoms with E-state index < -0.39 is 0 Å². The fourth-order valence-electron chi connectivity index (χ4n) is 4.78. The van der Waals surface area contributed by atoms with Gasteiger partial charge in [-0.1, -0.05) is 37.1 Å². The van der Waals surface area contributed by atoms with Crippen molar-refractivity contribution in [1.29, 1.82) is 0 Å². The molecule has 1 amide bonds. The molecular formula is C20H28N2O. The van der Waals surface area contributed by atoms with Crippen molar-refractivity contribution >= 4 is 5.91 Å². The topological polar surface area (TPSA) is 41.1 Å². The van der Waals surface area contributed by atoms with Gasteiger partial charge in [-0.05, 0) is 61.6 Å². The molecule has 4 rings (SSSR count). The second kappa shape index (κ2) is 6.64. The summed E-state index contributed by atoms with van der Waals surface area (Å²) >= 11 is 0. The molecule has 2 N–H and O–H groups in total. The van der Waals surface area contributed by atoms with Gasteiger partial charge >= 0.3 is 0 Å². The van der Waals surface area contributed by atoms with Crippen molar-refractivity contribution in [2.45, 2.75) is 56.9 Å². The van der Waals surface area contributed by atoms with Gasteiger partial charge in [0.25, 0.3) is 0 Å².